The molecule has 1 heterocycles. The first-order valence-corrected chi connectivity index (χ1v) is 7.89. The van der Waals surface area contributed by atoms with Gasteiger partial charge >= 0.3 is 0 Å². The zero-order valence-corrected chi connectivity index (χ0v) is 13.7. The van der Waals surface area contributed by atoms with Crippen LogP contribution in [0.3, 0.4) is 0 Å². The first kappa shape index (κ1) is 15.1. The monoisotopic (exact) mass is 313 g/mol. The van der Waals surface area contributed by atoms with Crippen molar-refractivity contribution in [2.75, 3.05) is 20.6 Å². The van der Waals surface area contributed by atoms with Gasteiger partial charge in [0.05, 0.1) is 0 Å². The summed E-state index contributed by atoms with van der Waals surface area (Å²) in [7, 11) is 4.19. The number of rotatable bonds is 3. The van der Waals surface area contributed by atoms with Crippen molar-refractivity contribution in [3.8, 4) is 5.75 Å². The molecule has 0 amide bonds. The Kier molecular flexibility index (Phi) is 4.51. The van der Waals surface area contributed by atoms with Crippen LogP contribution < -0.4 is 4.74 Å². The Morgan fingerprint density at radius 2 is 1.95 bits per heavy atom. The van der Waals surface area contributed by atoms with Gasteiger partial charge in [0.1, 0.15) is 12.4 Å². The Labute approximate surface area is 137 Å². The third-order valence-electron chi connectivity index (χ3n) is 3.85. The molecule has 2 nitrogen and oxygen atoms in total. The summed E-state index contributed by atoms with van der Waals surface area (Å²) in [5.41, 5.74) is 4.82. The van der Waals surface area contributed by atoms with Crippen molar-refractivity contribution in [1.29, 1.82) is 0 Å². The zero-order chi connectivity index (χ0) is 15.5. The number of nitrogens with zero attached hydrogens (tertiary/aromatic N) is 1. The Morgan fingerprint density at radius 3 is 2.77 bits per heavy atom. The molecule has 0 radical (unpaired) electrons. The lowest BCUT2D eigenvalue weighted by atomic mass is 9.93. The van der Waals surface area contributed by atoms with E-state index in [2.05, 4.69) is 55.4 Å². The molecule has 0 aliphatic carbocycles. The van der Waals surface area contributed by atoms with Crippen molar-refractivity contribution >= 4 is 17.2 Å². The summed E-state index contributed by atoms with van der Waals surface area (Å²) in [4.78, 5) is 2.19. The standard InChI is InChI=1S/C19H20ClNO/c1-21(2)11-5-8-17-16-7-4-3-6-14(16)13-22-19-12-15(20)9-10-18(17)19/h3-4,6-10,12H,5,11,13H2,1-2H3/b17-8-. The van der Waals surface area contributed by atoms with Crippen molar-refractivity contribution in [2.24, 2.45) is 0 Å². The van der Waals surface area contributed by atoms with Crippen LogP contribution in [0.25, 0.3) is 5.57 Å². The fraction of sp³-hybridized carbons (Fsp3) is 0.263. The summed E-state index contributed by atoms with van der Waals surface area (Å²) in [6, 6.07) is 14.3. The number of hydrogen-bond donors (Lipinski definition) is 0. The topological polar surface area (TPSA) is 12.5 Å². The highest BCUT2D eigenvalue weighted by Gasteiger charge is 2.18. The summed E-state index contributed by atoms with van der Waals surface area (Å²) in [6.07, 6.45) is 3.30. The van der Waals surface area contributed by atoms with E-state index in [0.717, 1.165) is 24.3 Å². The van der Waals surface area contributed by atoms with E-state index in [4.69, 9.17) is 16.3 Å². The average Bonchev–Trinajstić information content (AvgIpc) is 2.64. The van der Waals surface area contributed by atoms with Gasteiger partial charge in [-0.05, 0) is 55.4 Å². The normalized spacial score (nSPS) is 15.2. The van der Waals surface area contributed by atoms with E-state index in [1.54, 1.807) is 0 Å². The maximum atomic E-state index is 6.13. The number of halogens is 1. The molecule has 0 saturated heterocycles. The van der Waals surface area contributed by atoms with Gasteiger partial charge in [0.15, 0.2) is 0 Å². The minimum Gasteiger partial charge on any atom is -0.488 e. The first-order chi connectivity index (χ1) is 10.6. The third kappa shape index (κ3) is 3.18. The largest absolute Gasteiger partial charge is 0.488 e. The van der Waals surface area contributed by atoms with Crippen LogP contribution in [0.1, 0.15) is 23.1 Å². The highest BCUT2D eigenvalue weighted by molar-refractivity contribution is 6.30. The van der Waals surface area contributed by atoms with E-state index in [9.17, 15) is 0 Å². The van der Waals surface area contributed by atoms with Crippen LogP contribution in [0, 0.1) is 0 Å². The van der Waals surface area contributed by atoms with Crippen molar-refractivity contribution < 1.29 is 4.74 Å². The molecule has 0 unspecified atom stereocenters. The number of fused-ring (bicyclic) bond motifs is 2. The molecule has 0 spiro atoms. The molecule has 0 N–H and O–H groups in total. The second-order valence-electron chi connectivity index (χ2n) is 5.80. The van der Waals surface area contributed by atoms with E-state index in [1.165, 1.54) is 16.7 Å². The molecular formula is C19H20ClNO. The van der Waals surface area contributed by atoms with Gasteiger partial charge in [0.2, 0.25) is 0 Å². The molecule has 1 aliphatic heterocycles. The van der Waals surface area contributed by atoms with E-state index in [0.29, 0.717) is 11.6 Å². The predicted molar refractivity (Wildman–Crippen MR) is 92.5 cm³/mol. The lowest BCUT2D eigenvalue weighted by molar-refractivity contribution is 0.307. The van der Waals surface area contributed by atoms with Crippen molar-refractivity contribution in [1.82, 2.24) is 4.90 Å². The molecule has 0 aromatic heterocycles. The highest BCUT2D eigenvalue weighted by Crippen LogP contribution is 2.38. The van der Waals surface area contributed by atoms with Gasteiger partial charge in [-0.15, -0.1) is 0 Å². The van der Waals surface area contributed by atoms with Crippen molar-refractivity contribution in [3.63, 3.8) is 0 Å². The van der Waals surface area contributed by atoms with E-state index in [-0.39, 0.29) is 0 Å². The molecule has 3 heteroatoms. The number of ether oxygens (including phenoxy) is 1. The summed E-state index contributed by atoms with van der Waals surface area (Å²) >= 11 is 6.13. The molecule has 2 aromatic carbocycles. The maximum absolute atomic E-state index is 6.13. The molecule has 114 valence electrons. The minimum absolute atomic E-state index is 0.578. The Hall–Kier alpha value is -1.77. The summed E-state index contributed by atoms with van der Waals surface area (Å²) < 4.78 is 5.98. The van der Waals surface area contributed by atoms with Crippen molar-refractivity contribution in [2.45, 2.75) is 13.0 Å². The van der Waals surface area contributed by atoms with Gasteiger partial charge in [0.25, 0.3) is 0 Å². The number of benzene rings is 2. The molecule has 3 rings (SSSR count). The van der Waals surface area contributed by atoms with E-state index >= 15 is 0 Å². The van der Waals surface area contributed by atoms with E-state index < -0.39 is 0 Å². The summed E-state index contributed by atoms with van der Waals surface area (Å²) in [5.74, 6) is 0.861. The summed E-state index contributed by atoms with van der Waals surface area (Å²) in [5, 5.41) is 0.706. The fourth-order valence-electron chi connectivity index (χ4n) is 2.73. The Bertz CT molecular complexity index is 706. The quantitative estimate of drug-likeness (QED) is 0.820. The van der Waals surface area contributed by atoms with Gasteiger partial charge < -0.3 is 9.64 Å². The first-order valence-electron chi connectivity index (χ1n) is 7.51. The molecular weight excluding hydrogens is 294 g/mol. The molecule has 0 saturated carbocycles. The second kappa shape index (κ2) is 6.55. The lowest BCUT2D eigenvalue weighted by Gasteiger charge is -2.12. The Morgan fingerprint density at radius 1 is 1.14 bits per heavy atom. The fourth-order valence-corrected chi connectivity index (χ4v) is 2.90. The zero-order valence-electron chi connectivity index (χ0n) is 13.0. The lowest BCUT2D eigenvalue weighted by Crippen LogP contribution is -2.12. The highest BCUT2D eigenvalue weighted by atomic mass is 35.5. The van der Waals surface area contributed by atoms with Crippen LogP contribution in [-0.4, -0.2) is 25.5 Å². The molecule has 0 fully saturated rings. The van der Waals surface area contributed by atoms with Gasteiger partial charge in [-0.25, -0.2) is 0 Å². The second-order valence-corrected chi connectivity index (χ2v) is 6.23. The van der Waals surface area contributed by atoms with E-state index in [1.807, 2.05) is 12.1 Å². The molecule has 1 aliphatic rings. The molecule has 0 bridgehead atoms. The third-order valence-corrected chi connectivity index (χ3v) is 4.08. The molecule has 2 aromatic rings. The molecule has 0 atom stereocenters. The van der Waals surface area contributed by atoms with Gasteiger partial charge in [-0.1, -0.05) is 41.9 Å². The average molecular weight is 314 g/mol. The molecule has 22 heavy (non-hydrogen) atoms. The van der Waals surface area contributed by atoms with Crippen LogP contribution in [-0.2, 0) is 6.61 Å². The van der Waals surface area contributed by atoms with Crippen LogP contribution in [0.2, 0.25) is 5.02 Å². The minimum atomic E-state index is 0.578. The van der Waals surface area contributed by atoms with Gasteiger partial charge in [0, 0.05) is 17.1 Å². The van der Waals surface area contributed by atoms with Crippen LogP contribution >= 0.6 is 11.6 Å². The van der Waals surface area contributed by atoms with Crippen LogP contribution in [0.15, 0.2) is 48.5 Å². The van der Waals surface area contributed by atoms with Gasteiger partial charge in [-0.2, -0.15) is 0 Å². The van der Waals surface area contributed by atoms with Gasteiger partial charge in [-0.3, -0.25) is 0 Å². The summed E-state index contributed by atoms with van der Waals surface area (Å²) in [6.45, 7) is 1.60. The number of hydrogen-bond acceptors (Lipinski definition) is 2. The van der Waals surface area contributed by atoms with Crippen molar-refractivity contribution in [3.05, 3.63) is 70.3 Å². The smallest absolute Gasteiger partial charge is 0.129 e. The SMILES string of the molecule is CN(C)CC/C=C1/c2ccccc2COc2cc(Cl)ccc21. The maximum Gasteiger partial charge on any atom is 0.129 e. The van der Waals surface area contributed by atoms with Crippen LogP contribution in [0.5, 0.6) is 5.75 Å². The van der Waals surface area contributed by atoms with Crippen LogP contribution in [0.4, 0.5) is 0 Å². The Balaban J connectivity index is 2.08. The predicted octanol–water partition coefficient (Wildman–Crippen LogP) is 4.62.